The normalized spacial score (nSPS) is 9.88. The molecule has 2 rings (SSSR count). The Balaban J connectivity index is 2.55. The number of nitrogens with one attached hydrogen (secondary N) is 1. The summed E-state index contributed by atoms with van der Waals surface area (Å²) in [5.41, 5.74) is 2.09. The first kappa shape index (κ1) is 11.4. The average molecular weight is 244 g/mol. The lowest BCUT2D eigenvalue weighted by Crippen LogP contribution is -2.04. The highest BCUT2D eigenvalue weighted by molar-refractivity contribution is 6.29. The number of halogens is 1. The van der Waals surface area contributed by atoms with Crippen molar-refractivity contribution in [2.45, 2.75) is 0 Å². The molecule has 0 aliphatic heterocycles. The number of nitriles is 1. The summed E-state index contributed by atoms with van der Waals surface area (Å²) in [6.45, 7) is 4.03. The third-order valence-corrected chi connectivity index (χ3v) is 2.49. The van der Waals surface area contributed by atoms with E-state index in [2.05, 4.69) is 22.9 Å². The Morgan fingerprint density at radius 1 is 1.47 bits per heavy atom. The number of anilines is 1. The molecule has 0 bridgehead atoms. The largest absolute Gasteiger partial charge is 0.378 e. The zero-order valence-corrected chi connectivity index (χ0v) is 9.83. The van der Waals surface area contributed by atoms with Gasteiger partial charge in [0.15, 0.2) is 0 Å². The Bertz CT molecular complexity index is 614. The molecule has 1 N–H and O–H groups in total. The summed E-state index contributed by atoms with van der Waals surface area (Å²) in [7, 11) is 0. The number of fused-ring (bicyclic) bond motifs is 1. The van der Waals surface area contributed by atoms with E-state index < -0.39 is 0 Å². The van der Waals surface area contributed by atoms with Gasteiger partial charge in [0.2, 0.25) is 0 Å². The molecular formula is C13H10ClN3. The van der Waals surface area contributed by atoms with Gasteiger partial charge in [-0.15, -0.1) is 0 Å². The Morgan fingerprint density at radius 3 is 2.94 bits per heavy atom. The summed E-state index contributed by atoms with van der Waals surface area (Å²) in [5, 5.41) is 13.6. The molecule has 0 radical (unpaired) electrons. The molecule has 1 aromatic carbocycles. The summed E-state index contributed by atoms with van der Waals surface area (Å²) in [4.78, 5) is 4.22. The van der Waals surface area contributed by atoms with E-state index in [1.54, 1.807) is 6.20 Å². The molecule has 1 heterocycles. The van der Waals surface area contributed by atoms with Gasteiger partial charge in [-0.25, -0.2) is 0 Å². The highest BCUT2D eigenvalue weighted by Gasteiger charge is 2.07. The smallest absolute Gasteiger partial charge is 0.103 e. The molecule has 0 spiro atoms. The molecule has 4 heteroatoms. The van der Waals surface area contributed by atoms with Gasteiger partial charge in [-0.3, -0.25) is 4.98 Å². The van der Waals surface area contributed by atoms with E-state index >= 15 is 0 Å². The second kappa shape index (κ2) is 4.86. The minimum Gasteiger partial charge on any atom is -0.378 e. The highest BCUT2D eigenvalue weighted by atomic mass is 35.5. The van der Waals surface area contributed by atoms with Gasteiger partial charge in [-0.2, -0.15) is 5.26 Å². The number of rotatable bonds is 3. The van der Waals surface area contributed by atoms with Crippen LogP contribution in [0.25, 0.3) is 10.9 Å². The van der Waals surface area contributed by atoms with Crippen molar-refractivity contribution >= 4 is 28.2 Å². The second-order valence-electron chi connectivity index (χ2n) is 3.55. The number of aromatic nitrogens is 1. The van der Waals surface area contributed by atoms with E-state index in [4.69, 9.17) is 16.9 Å². The lowest BCUT2D eigenvalue weighted by molar-refractivity contribution is 1.29. The fourth-order valence-electron chi connectivity index (χ4n) is 1.60. The van der Waals surface area contributed by atoms with Gasteiger partial charge >= 0.3 is 0 Å². The summed E-state index contributed by atoms with van der Waals surface area (Å²) < 4.78 is 0. The standard InChI is InChI=1S/C13H10ClN3/c1-9(14)7-17-13-10(6-15)8-16-12-5-3-2-4-11(12)13/h2-5,8H,1,7H2,(H,16,17). The van der Waals surface area contributed by atoms with Crippen LogP contribution in [0.2, 0.25) is 0 Å². The Morgan fingerprint density at radius 2 is 2.24 bits per heavy atom. The van der Waals surface area contributed by atoms with Crippen molar-refractivity contribution in [3.05, 3.63) is 47.6 Å². The van der Waals surface area contributed by atoms with Crippen LogP contribution < -0.4 is 5.32 Å². The Labute approximate surface area is 104 Å². The maximum absolute atomic E-state index is 9.06. The third-order valence-electron chi connectivity index (χ3n) is 2.35. The fourth-order valence-corrected chi connectivity index (χ4v) is 1.67. The number of nitrogens with zero attached hydrogens (tertiary/aromatic N) is 2. The minimum atomic E-state index is 0.421. The average Bonchev–Trinajstić information content (AvgIpc) is 2.35. The van der Waals surface area contributed by atoms with E-state index in [1.807, 2.05) is 24.3 Å². The molecule has 17 heavy (non-hydrogen) atoms. The topological polar surface area (TPSA) is 48.7 Å². The van der Waals surface area contributed by atoms with E-state index in [9.17, 15) is 0 Å². The molecule has 2 aromatic rings. The molecule has 0 aliphatic rings. The van der Waals surface area contributed by atoms with Crippen molar-refractivity contribution in [1.82, 2.24) is 4.98 Å². The van der Waals surface area contributed by atoms with Crippen LogP contribution >= 0.6 is 11.6 Å². The molecule has 0 unspecified atom stereocenters. The van der Waals surface area contributed by atoms with Crippen LogP contribution in [0.15, 0.2) is 42.1 Å². The number of para-hydroxylation sites is 1. The summed E-state index contributed by atoms with van der Waals surface area (Å²) in [6.07, 6.45) is 1.56. The van der Waals surface area contributed by atoms with Gasteiger partial charge in [-0.1, -0.05) is 36.4 Å². The fraction of sp³-hybridized carbons (Fsp3) is 0.0769. The highest BCUT2D eigenvalue weighted by Crippen LogP contribution is 2.25. The van der Waals surface area contributed by atoms with E-state index in [0.717, 1.165) is 16.6 Å². The van der Waals surface area contributed by atoms with Crippen LogP contribution in [0.5, 0.6) is 0 Å². The SMILES string of the molecule is C=C(Cl)CNc1c(C#N)cnc2ccccc12. The molecule has 3 nitrogen and oxygen atoms in total. The van der Waals surface area contributed by atoms with Crippen molar-refractivity contribution in [2.24, 2.45) is 0 Å². The predicted molar refractivity (Wildman–Crippen MR) is 69.9 cm³/mol. The van der Waals surface area contributed by atoms with Gasteiger partial charge in [0.1, 0.15) is 6.07 Å². The van der Waals surface area contributed by atoms with Crippen LogP contribution in [0, 0.1) is 11.3 Å². The monoisotopic (exact) mass is 243 g/mol. The van der Waals surface area contributed by atoms with E-state index in [0.29, 0.717) is 17.1 Å². The third kappa shape index (κ3) is 2.38. The molecule has 0 fully saturated rings. The number of hydrogen-bond donors (Lipinski definition) is 1. The van der Waals surface area contributed by atoms with Crippen molar-refractivity contribution in [3.8, 4) is 6.07 Å². The van der Waals surface area contributed by atoms with Gasteiger partial charge in [0, 0.05) is 16.6 Å². The van der Waals surface area contributed by atoms with Crippen LogP contribution in [0.4, 0.5) is 5.69 Å². The zero-order valence-electron chi connectivity index (χ0n) is 9.07. The molecule has 0 saturated carbocycles. The first-order valence-electron chi connectivity index (χ1n) is 5.07. The van der Waals surface area contributed by atoms with Crippen molar-refractivity contribution in [1.29, 1.82) is 5.26 Å². The molecule has 0 aliphatic carbocycles. The van der Waals surface area contributed by atoms with Crippen molar-refractivity contribution < 1.29 is 0 Å². The zero-order chi connectivity index (χ0) is 12.3. The Hall–Kier alpha value is -2.05. The van der Waals surface area contributed by atoms with Crippen LogP contribution in [0.1, 0.15) is 5.56 Å². The lowest BCUT2D eigenvalue weighted by atomic mass is 10.1. The van der Waals surface area contributed by atoms with Gasteiger partial charge in [-0.05, 0) is 6.07 Å². The quantitative estimate of drug-likeness (QED) is 0.900. The van der Waals surface area contributed by atoms with E-state index in [1.165, 1.54) is 0 Å². The van der Waals surface area contributed by atoms with Crippen LogP contribution in [-0.4, -0.2) is 11.5 Å². The molecule has 0 saturated heterocycles. The first-order chi connectivity index (χ1) is 8.22. The van der Waals surface area contributed by atoms with Crippen LogP contribution in [-0.2, 0) is 0 Å². The maximum Gasteiger partial charge on any atom is 0.103 e. The number of hydrogen-bond acceptors (Lipinski definition) is 3. The predicted octanol–water partition coefficient (Wildman–Crippen LogP) is 3.27. The maximum atomic E-state index is 9.06. The number of benzene rings is 1. The molecular weight excluding hydrogens is 234 g/mol. The van der Waals surface area contributed by atoms with Crippen molar-refractivity contribution in [2.75, 3.05) is 11.9 Å². The van der Waals surface area contributed by atoms with E-state index in [-0.39, 0.29) is 0 Å². The molecule has 0 amide bonds. The molecule has 0 atom stereocenters. The summed E-state index contributed by atoms with van der Waals surface area (Å²) in [6, 6.07) is 9.75. The van der Waals surface area contributed by atoms with Gasteiger partial charge in [0.05, 0.1) is 23.3 Å². The van der Waals surface area contributed by atoms with Gasteiger partial charge in [0.25, 0.3) is 0 Å². The van der Waals surface area contributed by atoms with Gasteiger partial charge < -0.3 is 5.32 Å². The Kier molecular flexibility index (Phi) is 3.27. The second-order valence-corrected chi connectivity index (χ2v) is 4.08. The minimum absolute atomic E-state index is 0.421. The van der Waals surface area contributed by atoms with Crippen LogP contribution in [0.3, 0.4) is 0 Å². The number of pyridine rings is 1. The molecule has 1 aromatic heterocycles. The lowest BCUT2D eigenvalue weighted by Gasteiger charge is -2.10. The first-order valence-corrected chi connectivity index (χ1v) is 5.45. The summed E-state index contributed by atoms with van der Waals surface area (Å²) >= 11 is 5.72. The summed E-state index contributed by atoms with van der Waals surface area (Å²) in [5.74, 6) is 0. The van der Waals surface area contributed by atoms with Crippen molar-refractivity contribution in [3.63, 3.8) is 0 Å². The molecule has 84 valence electrons.